The molecule has 3 aliphatic rings. The minimum atomic E-state index is -3.83. The van der Waals surface area contributed by atoms with Gasteiger partial charge in [0.1, 0.15) is 6.04 Å². The Morgan fingerprint density at radius 1 is 1.38 bits per heavy atom. The maximum absolute atomic E-state index is 13.1. The summed E-state index contributed by atoms with van der Waals surface area (Å²) in [5.74, 6) is -0.292. The number of benzene rings is 1. The summed E-state index contributed by atoms with van der Waals surface area (Å²) in [6.45, 7) is 3.27. The van der Waals surface area contributed by atoms with E-state index in [1.807, 2.05) is 11.8 Å². The zero-order valence-corrected chi connectivity index (χ0v) is 18.7. The Balaban J connectivity index is 1.42. The van der Waals surface area contributed by atoms with Crippen molar-refractivity contribution in [3.05, 3.63) is 29.8 Å². The maximum atomic E-state index is 13.1. The van der Waals surface area contributed by atoms with Crippen LogP contribution < -0.4 is 10.9 Å². The molecule has 3 fully saturated rings. The summed E-state index contributed by atoms with van der Waals surface area (Å²) in [5.41, 5.74) is 6.88. The predicted molar refractivity (Wildman–Crippen MR) is 115 cm³/mol. The van der Waals surface area contributed by atoms with E-state index in [1.54, 1.807) is 21.9 Å². The van der Waals surface area contributed by atoms with Gasteiger partial charge in [-0.05, 0) is 43.9 Å². The fraction of sp³-hybridized carbons (Fsp3) is 0.571. The van der Waals surface area contributed by atoms with Crippen LogP contribution in [-0.4, -0.2) is 78.7 Å². The Morgan fingerprint density at radius 3 is 2.78 bits per heavy atom. The molecule has 0 unspecified atom stereocenters. The van der Waals surface area contributed by atoms with Gasteiger partial charge in [0.05, 0.1) is 29.1 Å². The first-order valence-corrected chi connectivity index (χ1v) is 12.3. The van der Waals surface area contributed by atoms with Gasteiger partial charge < -0.3 is 15.5 Å². The lowest BCUT2D eigenvalue weighted by molar-refractivity contribution is -0.141. The molecular weight excluding hydrogens is 432 g/mol. The van der Waals surface area contributed by atoms with Gasteiger partial charge in [0, 0.05) is 25.7 Å². The third-order valence-electron chi connectivity index (χ3n) is 6.83. The summed E-state index contributed by atoms with van der Waals surface area (Å²) in [5, 5.41) is 14.5. The van der Waals surface area contributed by atoms with E-state index < -0.39 is 22.1 Å². The Bertz CT molecular complexity index is 1070. The molecular formula is C21H28N6O4S. The van der Waals surface area contributed by atoms with Gasteiger partial charge in [0.25, 0.3) is 0 Å². The van der Waals surface area contributed by atoms with Gasteiger partial charge in [-0.2, -0.15) is 5.26 Å². The quantitative estimate of drug-likeness (QED) is 0.581. The number of likely N-dealkylation sites (tertiary alicyclic amines) is 3. The van der Waals surface area contributed by atoms with Crippen molar-refractivity contribution < 1.29 is 18.0 Å². The number of nitrogens with zero attached hydrogens (tertiary/aromatic N) is 4. The smallest absolute Gasteiger partial charge is 0.241 e. The number of hydrogen-bond donors (Lipinski definition) is 2. The number of sulfonamides is 1. The summed E-state index contributed by atoms with van der Waals surface area (Å²) in [7, 11) is -3.83. The van der Waals surface area contributed by atoms with Crippen molar-refractivity contribution in [3.8, 4) is 6.07 Å². The zero-order valence-electron chi connectivity index (χ0n) is 17.9. The van der Waals surface area contributed by atoms with Gasteiger partial charge in [0.2, 0.25) is 21.8 Å². The van der Waals surface area contributed by atoms with Gasteiger partial charge >= 0.3 is 0 Å². The number of carbonyl (C=O) groups excluding carboxylic acids is 2. The lowest BCUT2D eigenvalue weighted by Crippen LogP contribution is -2.56. The molecule has 4 N–H and O–H groups in total. The SMILES string of the molecule is C[C@@H](c1cccc(S(N)(=O)=O)c1)N1C(=O)[C@H]2C[C@@H]1CN2C[C@H](N)C(=O)N1CCC[C@H]1C#N. The third-order valence-corrected chi connectivity index (χ3v) is 7.74. The first kappa shape index (κ1) is 22.7. The van der Waals surface area contributed by atoms with Gasteiger partial charge in [-0.25, -0.2) is 13.6 Å². The van der Waals surface area contributed by atoms with Crippen LogP contribution in [0.2, 0.25) is 0 Å². The Labute approximate surface area is 187 Å². The molecule has 11 heteroatoms. The average molecular weight is 461 g/mol. The normalized spacial score (nSPS) is 27.6. The van der Waals surface area contributed by atoms with E-state index in [9.17, 15) is 23.3 Å². The lowest BCUT2D eigenvalue weighted by atomic mass is 10.1. The summed E-state index contributed by atoms with van der Waals surface area (Å²) >= 11 is 0. The molecule has 0 aliphatic carbocycles. The first-order chi connectivity index (χ1) is 15.1. The van der Waals surface area contributed by atoms with Crippen LogP contribution in [0.5, 0.6) is 0 Å². The molecule has 3 heterocycles. The van der Waals surface area contributed by atoms with E-state index in [0.29, 0.717) is 31.5 Å². The van der Waals surface area contributed by atoms with Crippen molar-refractivity contribution in [2.45, 2.75) is 61.3 Å². The number of fused-ring (bicyclic) bond motifs is 2. The molecule has 2 amide bonds. The molecule has 0 spiro atoms. The number of primary sulfonamides is 1. The monoisotopic (exact) mass is 460 g/mol. The van der Waals surface area contributed by atoms with Gasteiger partial charge in [-0.15, -0.1) is 0 Å². The van der Waals surface area contributed by atoms with Crippen LogP contribution in [0.25, 0.3) is 0 Å². The molecule has 10 nitrogen and oxygen atoms in total. The van der Waals surface area contributed by atoms with Crippen molar-refractivity contribution in [2.75, 3.05) is 19.6 Å². The number of carbonyl (C=O) groups is 2. The molecule has 172 valence electrons. The largest absolute Gasteiger partial charge is 0.330 e. The molecule has 0 saturated carbocycles. The highest BCUT2D eigenvalue weighted by Crippen LogP contribution is 2.38. The van der Waals surface area contributed by atoms with E-state index in [2.05, 4.69) is 6.07 Å². The van der Waals surface area contributed by atoms with Crippen LogP contribution in [0, 0.1) is 11.3 Å². The van der Waals surface area contributed by atoms with Crippen molar-refractivity contribution in [2.24, 2.45) is 10.9 Å². The number of rotatable bonds is 6. The average Bonchev–Trinajstić information content (AvgIpc) is 3.46. The highest BCUT2D eigenvalue weighted by atomic mass is 32.2. The molecule has 1 aromatic rings. The molecule has 4 rings (SSSR count). The Hall–Kier alpha value is -2.52. The first-order valence-electron chi connectivity index (χ1n) is 10.8. The van der Waals surface area contributed by atoms with E-state index in [-0.39, 0.29) is 41.4 Å². The number of nitrogens with two attached hydrogens (primary N) is 2. The van der Waals surface area contributed by atoms with E-state index >= 15 is 0 Å². The number of nitriles is 1. The van der Waals surface area contributed by atoms with Gasteiger partial charge in [0.15, 0.2) is 0 Å². The van der Waals surface area contributed by atoms with Crippen LogP contribution in [0.15, 0.2) is 29.2 Å². The van der Waals surface area contributed by atoms with Crippen molar-refractivity contribution in [1.82, 2.24) is 14.7 Å². The molecule has 1 aromatic carbocycles. The minimum Gasteiger partial charge on any atom is -0.330 e. The summed E-state index contributed by atoms with van der Waals surface area (Å²) in [6, 6.07) is 6.59. The Morgan fingerprint density at radius 2 is 2.12 bits per heavy atom. The molecule has 32 heavy (non-hydrogen) atoms. The van der Waals surface area contributed by atoms with Gasteiger partial charge in [-0.3, -0.25) is 14.5 Å². The Kier molecular flexibility index (Phi) is 5.98. The second-order valence-corrected chi connectivity index (χ2v) is 10.4. The maximum Gasteiger partial charge on any atom is 0.241 e. The number of amides is 2. The fourth-order valence-electron chi connectivity index (χ4n) is 5.22. The van der Waals surface area contributed by atoms with Crippen LogP contribution >= 0.6 is 0 Å². The van der Waals surface area contributed by atoms with E-state index in [0.717, 1.165) is 6.42 Å². The van der Waals surface area contributed by atoms with Crippen LogP contribution in [0.4, 0.5) is 0 Å². The fourth-order valence-corrected chi connectivity index (χ4v) is 5.79. The highest BCUT2D eigenvalue weighted by molar-refractivity contribution is 7.89. The molecule has 0 aromatic heterocycles. The van der Waals surface area contributed by atoms with Crippen molar-refractivity contribution >= 4 is 21.8 Å². The van der Waals surface area contributed by atoms with Gasteiger partial charge in [-0.1, -0.05) is 12.1 Å². The van der Waals surface area contributed by atoms with E-state index in [1.165, 1.54) is 12.1 Å². The summed E-state index contributed by atoms with van der Waals surface area (Å²) < 4.78 is 23.4. The number of hydrogen-bond acceptors (Lipinski definition) is 7. The minimum absolute atomic E-state index is 0.0161. The predicted octanol–water partition coefficient (Wildman–Crippen LogP) is -0.478. The summed E-state index contributed by atoms with van der Waals surface area (Å²) in [4.78, 5) is 31.2. The molecule has 5 atom stereocenters. The molecule has 2 bridgehead atoms. The topological polar surface area (TPSA) is 154 Å². The van der Waals surface area contributed by atoms with Crippen LogP contribution in [0.3, 0.4) is 0 Å². The third kappa shape index (κ3) is 3.99. The van der Waals surface area contributed by atoms with E-state index in [4.69, 9.17) is 10.9 Å². The standard InChI is InChI=1S/C21H28N6O4S/c1-13(14-4-2-6-17(8-14)32(24,30)31)27-16-9-19(21(27)29)25(11-16)12-18(23)20(28)26-7-3-5-15(26)10-22/h2,4,6,8,13,15-16,18-19H,3,5,7,9,11-12,23H2,1H3,(H2,24,30,31)/t13-,15-,16+,18-,19+/m0/s1. The van der Waals surface area contributed by atoms with Crippen molar-refractivity contribution in [1.29, 1.82) is 5.26 Å². The second kappa shape index (κ2) is 8.44. The highest BCUT2D eigenvalue weighted by Gasteiger charge is 2.51. The lowest BCUT2D eigenvalue weighted by Gasteiger charge is -2.38. The molecule has 3 aliphatic heterocycles. The van der Waals surface area contributed by atoms with Crippen molar-refractivity contribution in [3.63, 3.8) is 0 Å². The second-order valence-electron chi connectivity index (χ2n) is 8.82. The van der Waals surface area contributed by atoms with Crippen LogP contribution in [0.1, 0.15) is 37.8 Å². The molecule has 3 saturated heterocycles. The molecule has 0 radical (unpaired) electrons. The van der Waals surface area contributed by atoms with Crippen LogP contribution in [-0.2, 0) is 19.6 Å². The summed E-state index contributed by atoms with van der Waals surface area (Å²) in [6.07, 6.45) is 2.11. The number of piperazine rings is 1. The zero-order chi connectivity index (χ0) is 23.2.